The van der Waals surface area contributed by atoms with Crippen LogP contribution in [0.1, 0.15) is 24.5 Å². The number of hydrogen-bond acceptors (Lipinski definition) is 1. The Morgan fingerprint density at radius 1 is 1.20 bits per heavy atom. The Hall–Kier alpha value is -0.960. The highest BCUT2D eigenvalue weighted by Gasteiger charge is 2.30. The van der Waals surface area contributed by atoms with Crippen LogP contribution in [0.15, 0.2) is 24.3 Å². The van der Waals surface area contributed by atoms with Gasteiger partial charge in [0.05, 0.1) is 0 Å². The third kappa shape index (κ3) is 3.27. The molecule has 0 saturated heterocycles. The largest absolute Gasteiger partial charge is 0.320 e. The molecule has 0 fully saturated rings. The smallest absolute Gasteiger partial charge is 0.274 e. The lowest BCUT2D eigenvalue weighted by atomic mass is 10.0. The maximum atomic E-state index is 13.5. The lowest BCUT2D eigenvalue weighted by Gasteiger charge is -2.16. The number of hydrogen-bond donors (Lipinski definition) is 1. The highest BCUT2D eigenvalue weighted by atomic mass is 19.3. The van der Waals surface area contributed by atoms with Crippen molar-refractivity contribution in [1.82, 2.24) is 5.32 Å². The predicted octanol–water partition coefficient (Wildman–Crippen LogP) is 2.95. The molecule has 15 heavy (non-hydrogen) atoms. The second-order valence-corrected chi connectivity index (χ2v) is 3.61. The van der Waals surface area contributed by atoms with Gasteiger partial charge in [-0.2, -0.15) is 0 Å². The van der Waals surface area contributed by atoms with E-state index in [4.69, 9.17) is 0 Å². The van der Waals surface area contributed by atoms with Crippen LogP contribution < -0.4 is 5.32 Å². The van der Waals surface area contributed by atoms with E-state index in [-0.39, 0.29) is 12.0 Å². The minimum absolute atomic E-state index is 0.106. The van der Waals surface area contributed by atoms with E-state index < -0.39 is 5.92 Å². The second kappa shape index (κ2) is 5.21. The molecule has 0 aliphatic rings. The molecule has 0 bridgehead atoms. The number of aryl methyl sites for hydroxylation is 1. The lowest BCUT2D eigenvalue weighted by molar-refractivity contribution is -0.0123. The fourth-order valence-electron chi connectivity index (χ4n) is 1.41. The summed E-state index contributed by atoms with van der Waals surface area (Å²) in [7, 11) is 1.68. The van der Waals surface area contributed by atoms with E-state index in [0.717, 1.165) is 12.0 Å². The van der Waals surface area contributed by atoms with Crippen LogP contribution in [0.4, 0.5) is 8.78 Å². The van der Waals surface area contributed by atoms with Crippen molar-refractivity contribution in [1.29, 1.82) is 0 Å². The summed E-state index contributed by atoms with van der Waals surface area (Å²) in [6.45, 7) is 2.33. The molecule has 3 heteroatoms. The van der Waals surface area contributed by atoms with Crippen molar-refractivity contribution in [2.45, 2.75) is 25.7 Å². The number of halogens is 2. The summed E-state index contributed by atoms with van der Waals surface area (Å²) in [5, 5.41) is 2.74. The fourth-order valence-corrected chi connectivity index (χ4v) is 1.41. The fraction of sp³-hybridized carbons (Fsp3) is 0.500. The molecule has 0 amide bonds. The molecule has 0 radical (unpaired) electrons. The maximum Gasteiger partial charge on any atom is 0.274 e. The first-order valence-electron chi connectivity index (χ1n) is 5.22. The van der Waals surface area contributed by atoms with Crippen molar-refractivity contribution in [3.63, 3.8) is 0 Å². The molecular weight excluding hydrogens is 196 g/mol. The van der Waals surface area contributed by atoms with Crippen LogP contribution in [0.2, 0.25) is 0 Å². The second-order valence-electron chi connectivity index (χ2n) is 3.61. The van der Waals surface area contributed by atoms with E-state index in [9.17, 15) is 8.78 Å². The summed E-state index contributed by atoms with van der Waals surface area (Å²) in [5.74, 6) is -2.73. The van der Waals surface area contributed by atoms with Crippen molar-refractivity contribution in [2.24, 2.45) is 0 Å². The molecule has 0 aromatic heterocycles. The summed E-state index contributed by atoms with van der Waals surface area (Å²) in [6.07, 6.45) is 0.720. The summed E-state index contributed by atoms with van der Waals surface area (Å²) in [4.78, 5) is 0. The van der Waals surface area contributed by atoms with Gasteiger partial charge in [-0.15, -0.1) is 0 Å². The van der Waals surface area contributed by atoms with Crippen molar-refractivity contribution < 1.29 is 8.78 Å². The van der Waals surface area contributed by atoms with Crippen LogP contribution in [0.25, 0.3) is 0 Å². The van der Waals surface area contributed by atoms with Gasteiger partial charge in [-0.1, -0.05) is 31.2 Å². The summed E-state index contributed by atoms with van der Waals surface area (Å²) in [6, 6.07) is 6.58. The van der Waals surface area contributed by atoms with E-state index in [0.29, 0.717) is 6.54 Å². The number of alkyl halides is 2. The highest BCUT2D eigenvalue weighted by Crippen LogP contribution is 2.31. The Labute approximate surface area is 89.5 Å². The average Bonchev–Trinajstić information content (AvgIpc) is 2.26. The third-order valence-electron chi connectivity index (χ3n) is 2.47. The Morgan fingerprint density at radius 2 is 1.80 bits per heavy atom. The topological polar surface area (TPSA) is 12.0 Å². The van der Waals surface area contributed by atoms with Crippen LogP contribution in [-0.4, -0.2) is 13.6 Å². The first kappa shape index (κ1) is 12.1. The van der Waals surface area contributed by atoms with Gasteiger partial charge < -0.3 is 5.32 Å². The number of rotatable bonds is 5. The zero-order chi connectivity index (χ0) is 11.3. The lowest BCUT2D eigenvalue weighted by Crippen LogP contribution is -2.20. The van der Waals surface area contributed by atoms with E-state index in [1.54, 1.807) is 19.2 Å². The summed E-state index contributed by atoms with van der Waals surface area (Å²) < 4.78 is 27.1. The Morgan fingerprint density at radius 3 is 2.27 bits per heavy atom. The van der Waals surface area contributed by atoms with Gasteiger partial charge in [-0.25, -0.2) is 8.78 Å². The van der Waals surface area contributed by atoms with Crippen LogP contribution in [0, 0.1) is 0 Å². The Bertz CT molecular complexity index is 293. The van der Waals surface area contributed by atoms with E-state index in [1.807, 2.05) is 6.92 Å². The van der Waals surface area contributed by atoms with E-state index >= 15 is 0 Å². The molecule has 0 aliphatic heterocycles. The van der Waals surface area contributed by atoms with Gasteiger partial charge in [0, 0.05) is 18.5 Å². The van der Waals surface area contributed by atoms with Crippen LogP contribution in [0.5, 0.6) is 0 Å². The van der Waals surface area contributed by atoms with Gasteiger partial charge in [0.25, 0.3) is 5.92 Å². The molecule has 1 aromatic rings. The van der Waals surface area contributed by atoms with Crippen molar-refractivity contribution >= 4 is 0 Å². The normalized spacial score (nSPS) is 11.7. The minimum atomic E-state index is -2.73. The van der Waals surface area contributed by atoms with Crippen LogP contribution in [-0.2, 0) is 12.3 Å². The predicted molar refractivity (Wildman–Crippen MR) is 58.3 cm³/mol. The summed E-state index contributed by atoms with van der Waals surface area (Å²) in [5.41, 5.74) is 1.19. The highest BCUT2D eigenvalue weighted by molar-refractivity contribution is 5.25. The molecule has 0 atom stereocenters. The molecule has 1 nitrogen and oxygen atoms in total. The molecule has 1 N–H and O–H groups in total. The Kier molecular flexibility index (Phi) is 4.21. The molecule has 0 heterocycles. The van der Waals surface area contributed by atoms with Crippen LogP contribution >= 0.6 is 0 Å². The Balaban J connectivity index is 2.75. The zero-order valence-corrected chi connectivity index (χ0v) is 9.19. The van der Waals surface area contributed by atoms with Gasteiger partial charge >= 0.3 is 0 Å². The molecule has 1 rings (SSSR count). The van der Waals surface area contributed by atoms with Gasteiger partial charge in [-0.05, 0) is 19.0 Å². The molecule has 1 aromatic carbocycles. The van der Waals surface area contributed by atoms with Gasteiger partial charge in [-0.3, -0.25) is 0 Å². The molecular formula is C12H17F2N. The molecule has 0 aliphatic carbocycles. The first-order chi connectivity index (χ1) is 7.10. The number of nitrogens with one attached hydrogen (secondary N) is 1. The van der Waals surface area contributed by atoms with Gasteiger partial charge in [0.15, 0.2) is 0 Å². The minimum Gasteiger partial charge on any atom is -0.320 e. The molecule has 0 saturated carbocycles. The maximum absolute atomic E-state index is 13.5. The monoisotopic (exact) mass is 213 g/mol. The molecule has 0 unspecified atom stereocenters. The third-order valence-corrected chi connectivity index (χ3v) is 2.47. The van der Waals surface area contributed by atoms with E-state index in [1.165, 1.54) is 12.1 Å². The van der Waals surface area contributed by atoms with Crippen molar-refractivity contribution in [3.8, 4) is 0 Å². The average molecular weight is 213 g/mol. The zero-order valence-electron chi connectivity index (χ0n) is 9.19. The van der Waals surface area contributed by atoms with E-state index in [2.05, 4.69) is 5.32 Å². The SMILES string of the molecule is CCc1ccc(C(F)(F)CCNC)cc1. The quantitative estimate of drug-likeness (QED) is 0.793. The van der Waals surface area contributed by atoms with Gasteiger partial charge in [0.2, 0.25) is 0 Å². The molecule has 84 valence electrons. The standard InChI is InChI=1S/C12H17F2N/c1-3-10-4-6-11(7-5-10)12(13,14)8-9-15-2/h4-7,15H,3,8-9H2,1-2H3. The van der Waals surface area contributed by atoms with Crippen molar-refractivity contribution in [2.75, 3.05) is 13.6 Å². The van der Waals surface area contributed by atoms with Gasteiger partial charge in [0.1, 0.15) is 0 Å². The van der Waals surface area contributed by atoms with Crippen molar-refractivity contribution in [3.05, 3.63) is 35.4 Å². The van der Waals surface area contributed by atoms with Crippen LogP contribution in [0.3, 0.4) is 0 Å². The molecule has 0 spiro atoms. The number of benzene rings is 1. The summed E-state index contributed by atoms with van der Waals surface area (Å²) >= 11 is 0. The first-order valence-corrected chi connectivity index (χ1v) is 5.22.